The summed E-state index contributed by atoms with van der Waals surface area (Å²) in [7, 11) is 0. The van der Waals surface area contributed by atoms with E-state index >= 15 is 0 Å². The molecule has 1 amide bonds. The Morgan fingerprint density at radius 2 is 2.11 bits per heavy atom. The lowest BCUT2D eigenvalue weighted by Crippen LogP contribution is -2.15. The second-order valence-corrected chi connectivity index (χ2v) is 8.93. The molecule has 3 aromatic rings. The zero-order chi connectivity index (χ0) is 19.5. The molecule has 0 unspecified atom stereocenters. The largest absolute Gasteiger partial charge is 0.301 e. The van der Waals surface area contributed by atoms with Crippen molar-refractivity contribution >= 4 is 45.7 Å². The van der Waals surface area contributed by atoms with E-state index in [9.17, 15) is 4.79 Å². The maximum Gasteiger partial charge on any atom is 0.236 e. The van der Waals surface area contributed by atoms with E-state index in [1.54, 1.807) is 0 Å². The molecule has 1 aliphatic rings. The lowest BCUT2D eigenvalue weighted by molar-refractivity contribution is -0.113. The van der Waals surface area contributed by atoms with Crippen LogP contribution >= 0.6 is 34.7 Å². The highest BCUT2D eigenvalue weighted by Crippen LogP contribution is 2.38. The number of anilines is 1. The monoisotopic (exact) mass is 433 g/mol. The van der Waals surface area contributed by atoms with Gasteiger partial charge in [-0.25, -0.2) is 4.98 Å². The molecular formula is C19H20ClN5OS2. The van der Waals surface area contributed by atoms with Crippen molar-refractivity contribution in [2.24, 2.45) is 0 Å². The SMILES string of the molecule is Cc1csc(NC(=O)CSc2nnc(-c3ccccc3Cl)n2C2CCCC2)n1. The summed E-state index contributed by atoms with van der Waals surface area (Å²) in [5, 5.41) is 15.6. The van der Waals surface area contributed by atoms with E-state index in [0.29, 0.717) is 16.2 Å². The molecule has 28 heavy (non-hydrogen) atoms. The Morgan fingerprint density at radius 1 is 1.32 bits per heavy atom. The van der Waals surface area contributed by atoms with Crippen LogP contribution in [0.2, 0.25) is 5.02 Å². The highest BCUT2D eigenvalue weighted by Gasteiger charge is 2.26. The Labute approximate surface area is 176 Å². The van der Waals surface area contributed by atoms with Gasteiger partial charge in [0.15, 0.2) is 16.1 Å². The molecule has 0 atom stereocenters. The van der Waals surface area contributed by atoms with E-state index in [-0.39, 0.29) is 11.7 Å². The van der Waals surface area contributed by atoms with Gasteiger partial charge in [0, 0.05) is 17.0 Å². The lowest BCUT2D eigenvalue weighted by atomic mass is 10.2. The number of carbonyl (C=O) groups excluding carboxylic acids is 1. The molecule has 1 aromatic carbocycles. The first-order valence-electron chi connectivity index (χ1n) is 9.16. The van der Waals surface area contributed by atoms with Crippen LogP contribution < -0.4 is 5.32 Å². The third kappa shape index (κ3) is 4.24. The number of aryl methyl sites for hydroxylation is 1. The molecule has 0 radical (unpaired) electrons. The molecule has 146 valence electrons. The van der Waals surface area contributed by atoms with Crippen molar-refractivity contribution in [1.82, 2.24) is 19.7 Å². The van der Waals surface area contributed by atoms with Crippen LogP contribution in [-0.2, 0) is 4.79 Å². The zero-order valence-corrected chi connectivity index (χ0v) is 17.8. The summed E-state index contributed by atoms with van der Waals surface area (Å²) < 4.78 is 2.17. The van der Waals surface area contributed by atoms with Gasteiger partial charge in [0.2, 0.25) is 5.91 Å². The maximum atomic E-state index is 12.3. The normalized spacial score (nSPS) is 14.5. The van der Waals surface area contributed by atoms with Crippen molar-refractivity contribution in [1.29, 1.82) is 0 Å². The summed E-state index contributed by atoms with van der Waals surface area (Å²) in [6.07, 6.45) is 4.57. The predicted octanol–water partition coefficient (Wildman–Crippen LogP) is 5.21. The van der Waals surface area contributed by atoms with Crippen molar-refractivity contribution in [3.63, 3.8) is 0 Å². The summed E-state index contributed by atoms with van der Waals surface area (Å²) in [6, 6.07) is 8.02. The van der Waals surface area contributed by atoms with Gasteiger partial charge in [-0.3, -0.25) is 9.36 Å². The third-order valence-electron chi connectivity index (χ3n) is 4.67. The summed E-state index contributed by atoms with van der Waals surface area (Å²) >= 11 is 9.24. The Morgan fingerprint density at radius 3 is 2.82 bits per heavy atom. The van der Waals surface area contributed by atoms with Crippen molar-refractivity contribution < 1.29 is 4.79 Å². The van der Waals surface area contributed by atoms with Crippen LogP contribution in [0.1, 0.15) is 37.4 Å². The quantitative estimate of drug-likeness (QED) is 0.540. The van der Waals surface area contributed by atoms with Gasteiger partial charge in [-0.15, -0.1) is 21.5 Å². The van der Waals surface area contributed by atoms with Gasteiger partial charge in [-0.1, -0.05) is 48.3 Å². The van der Waals surface area contributed by atoms with Gasteiger partial charge in [0.25, 0.3) is 0 Å². The minimum atomic E-state index is -0.0976. The number of thiazole rings is 1. The second kappa shape index (κ2) is 8.63. The molecule has 1 aliphatic carbocycles. The first-order valence-corrected chi connectivity index (χ1v) is 11.4. The molecule has 0 saturated heterocycles. The van der Waals surface area contributed by atoms with E-state index in [0.717, 1.165) is 35.1 Å². The Bertz CT molecular complexity index is 980. The highest BCUT2D eigenvalue weighted by molar-refractivity contribution is 7.99. The molecule has 1 saturated carbocycles. The average Bonchev–Trinajstić information content (AvgIpc) is 3.41. The molecule has 0 aliphatic heterocycles. The highest BCUT2D eigenvalue weighted by atomic mass is 35.5. The Balaban J connectivity index is 1.55. The van der Waals surface area contributed by atoms with Gasteiger partial charge in [0.05, 0.1) is 16.5 Å². The smallest absolute Gasteiger partial charge is 0.236 e. The molecule has 2 heterocycles. The molecule has 0 bridgehead atoms. The lowest BCUT2D eigenvalue weighted by Gasteiger charge is -2.17. The van der Waals surface area contributed by atoms with E-state index < -0.39 is 0 Å². The third-order valence-corrected chi connectivity index (χ3v) is 6.82. The number of nitrogens with one attached hydrogen (secondary N) is 1. The van der Waals surface area contributed by atoms with Crippen LogP contribution in [0.3, 0.4) is 0 Å². The van der Waals surface area contributed by atoms with Crippen LogP contribution in [0.15, 0.2) is 34.8 Å². The summed E-state index contributed by atoms with van der Waals surface area (Å²) in [4.78, 5) is 16.6. The first-order chi connectivity index (χ1) is 13.6. The van der Waals surface area contributed by atoms with Crippen molar-refractivity contribution in [2.45, 2.75) is 43.8 Å². The number of carbonyl (C=O) groups is 1. The fourth-order valence-corrected chi connectivity index (χ4v) is 5.12. The first kappa shape index (κ1) is 19.4. The van der Waals surface area contributed by atoms with Crippen LogP contribution in [-0.4, -0.2) is 31.4 Å². The van der Waals surface area contributed by atoms with Gasteiger partial charge in [-0.05, 0) is 31.9 Å². The standard InChI is InChI=1S/C19H20ClN5OS2/c1-12-10-27-18(21-12)22-16(26)11-28-19-24-23-17(14-8-4-5-9-15(14)20)25(19)13-6-2-3-7-13/h4-5,8-10,13H,2-3,6-7,11H2,1H3,(H,21,22,26). The van der Waals surface area contributed by atoms with Crippen LogP contribution in [0.4, 0.5) is 5.13 Å². The molecule has 2 aromatic heterocycles. The number of aromatic nitrogens is 4. The zero-order valence-electron chi connectivity index (χ0n) is 15.4. The number of halogens is 1. The van der Waals surface area contributed by atoms with Gasteiger partial charge in [0.1, 0.15) is 0 Å². The van der Waals surface area contributed by atoms with Crippen LogP contribution in [0.25, 0.3) is 11.4 Å². The topological polar surface area (TPSA) is 72.7 Å². The minimum absolute atomic E-state index is 0.0976. The number of amides is 1. The van der Waals surface area contributed by atoms with Crippen LogP contribution in [0, 0.1) is 6.92 Å². The van der Waals surface area contributed by atoms with E-state index in [1.807, 2.05) is 36.6 Å². The fraction of sp³-hybridized carbons (Fsp3) is 0.368. The summed E-state index contributed by atoms with van der Waals surface area (Å²) in [5.41, 5.74) is 1.77. The van der Waals surface area contributed by atoms with Crippen molar-refractivity contribution in [3.05, 3.63) is 40.4 Å². The van der Waals surface area contributed by atoms with Crippen molar-refractivity contribution in [2.75, 3.05) is 11.1 Å². The number of benzene rings is 1. The maximum absolute atomic E-state index is 12.3. The number of nitrogens with zero attached hydrogens (tertiary/aromatic N) is 4. The predicted molar refractivity (Wildman–Crippen MR) is 114 cm³/mol. The molecule has 0 spiro atoms. The Kier molecular flexibility index (Phi) is 5.99. The number of thioether (sulfide) groups is 1. The number of hydrogen-bond acceptors (Lipinski definition) is 6. The molecule has 6 nitrogen and oxygen atoms in total. The molecule has 1 N–H and O–H groups in total. The average molecular weight is 434 g/mol. The van der Waals surface area contributed by atoms with Gasteiger partial charge < -0.3 is 5.32 Å². The van der Waals surface area contributed by atoms with Crippen LogP contribution in [0.5, 0.6) is 0 Å². The summed E-state index contributed by atoms with van der Waals surface area (Å²) in [5.74, 6) is 0.932. The molecular weight excluding hydrogens is 414 g/mol. The second-order valence-electron chi connectivity index (χ2n) is 6.73. The van der Waals surface area contributed by atoms with E-state index in [2.05, 4.69) is 25.1 Å². The minimum Gasteiger partial charge on any atom is -0.301 e. The summed E-state index contributed by atoms with van der Waals surface area (Å²) in [6.45, 7) is 1.90. The Hall–Kier alpha value is -1.90. The van der Waals surface area contributed by atoms with Gasteiger partial charge >= 0.3 is 0 Å². The van der Waals surface area contributed by atoms with Gasteiger partial charge in [-0.2, -0.15) is 0 Å². The van der Waals surface area contributed by atoms with E-state index in [4.69, 9.17) is 11.6 Å². The van der Waals surface area contributed by atoms with E-state index in [1.165, 1.54) is 35.9 Å². The molecule has 4 rings (SSSR count). The molecule has 1 fully saturated rings. The molecule has 9 heteroatoms. The number of hydrogen-bond donors (Lipinski definition) is 1. The van der Waals surface area contributed by atoms with Crippen molar-refractivity contribution in [3.8, 4) is 11.4 Å². The fourth-order valence-electron chi connectivity index (χ4n) is 3.39. The number of rotatable bonds is 6.